The fraction of sp³-hybridized carbons (Fsp3) is 0.588. The number of nitrogens with one attached hydrogen (secondary N) is 2. The van der Waals surface area contributed by atoms with Crippen LogP contribution in [0.4, 0.5) is 0 Å². The molecule has 1 aliphatic rings. The summed E-state index contributed by atoms with van der Waals surface area (Å²) < 4.78 is 0. The van der Waals surface area contributed by atoms with Gasteiger partial charge >= 0.3 is 0 Å². The summed E-state index contributed by atoms with van der Waals surface area (Å²) in [6.45, 7) is -0.0810. The molecule has 0 aliphatic heterocycles. The monoisotopic (exact) mass is 290 g/mol. The maximum atomic E-state index is 12.4. The van der Waals surface area contributed by atoms with E-state index >= 15 is 0 Å². The Hall–Kier alpha value is -1.39. The molecule has 1 atom stereocenters. The van der Waals surface area contributed by atoms with E-state index in [9.17, 15) is 9.90 Å². The molecule has 1 aromatic rings. The Labute approximate surface area is 126 Å². The minimum Gasteiger partial charge on any atom is -0.394 e. The molecular weight excluding hydrogens is 264 g/mol. The first kappa shape index (κ1) is 16.0. The van der Waals surface area contributed by atoms with Crippen LogP contribution in [0.1, 0.15) is 50.1 Å². The van der Waals surface area contributed by atoms with Crippen LogP contribution < -0.4 is 10.6 Å². The van der Waals surface area contributed by atoms with E-state index in [4.69, 9.17) is 0 Å². The van der Waals surface area contributed by atoms with Crippen LogP contribution in [0.15, 0.2) is 30.3 Å². The lowest BCUT2D eigenvalue weighted by Crippen LogP contribution is -2.48. The van der Waals surface area contributed by atoms with E-state index in [0.29, 0.717) is 6.42 Å². The second-order valence-electron chi connectivity index (χ2n) is 5.98. The van der Waals surface area contributed by atoms with Gasteiger partial charge in [0.25, 0.3) is 0 Å². The van der Waals surface area contributed by atoms with Crippen LogP contribution in [0, 0.1) is 0 Å². The van der Waals surface area contributed by atoms with Gasteiger partial charge in [0, 0.05) is 12.0 Å². The molecule has 2 rings (SSSR count). The lowest BCUT2D eigenvalue weighted by Gasteiger charge is -2.37. The van der Waals surface area contributed by atoms with Gasteiger partial charge < -0.3 is 15.7 Å². The smallest absolute Gasteiger partial charge is 0.222 e. The molecule has 3 N–H and O–H groups in total. The number of aliphatic hydroxyl groups excluding tert-OH is 1. The Kier molecular flexibility index (Phi) is 5.76. The second-order valence-corrected chi connectivity index (χ2v) is 5.98. The van der Waals surface area contributed by atoms with Crippen molar-refractivity contribution in [3.63, 3.8) is 0 Å². The van der Waals surface area contributed by atoms with Gasteiger partial charge in [-0.05, 0) is 25.5 Å². The van der Waals surface area contributed by atoms with Gasteiger partial charge in [-0.1, -0.05) is 49.6 Å². The quantitative estimate of drug-likeness (QED) is 0.752. The van der Waals surface area contributed by atoms with Gasteiger partial charge in [0.15, 0.2) is 0 Å². The van der Waals surface area contributed by atoms with Crippen molar-refractivity contribution in [1.29, 1.82) is 0 Å². The van der Waals surface area contributed by atoms with E-state index in [1.165, 1.54) is 19.3 Å². The van der Waals surface area contributed by atoms with Crippen LogP contribution in [0.3, 0.4) is 0 Å². The summed E-state index contributed by atoms with van der Waals surface area (Å²) in [6.07, 6.45) is 6.19. The molecule has 1 aromatic carbocycles. The highest BCUT2D eigenvalue weighted by Crippen LogP contribution is 2.30. The average molecular weight is 290 g/mol. The lowest BCUT2D eigenvalue weighted by atomic mass is 9.79. The highest BCUT2D eigenvalue weighted by molar-refractivity contribution is 5.77. The molecule has 4 heteroatoms. The minimum absolute atomic E-state index is 0.00848. The van der Waals surface area contributed by atoms with E-state index in [1.807, 2.05) is 37.4 Å². The summed E-state index contributed by atoms with van der Waals surface area (Å²) in [7, 11) is 1.94. The van der Waals surface area contributed by atoms with Crippen molar-refractivity contribution in [2.75, 3.05) is 13.7 Å². The first-order chi connectivity index (χ1) is 10.2. The average Bonchev–Trinajstić information content (AvgIpc) is 2.54. The molecule has 116 valence electrons. The fourth-order valence-electron chi connectivity index (χ4n) is 3.22. The summed E-state index contributed by atoms with van der Waals surface area (Å²) in [5, 5.41) is 15.8. The number of carbonyl (C=O) groups excluding carboxylic acids is 1. The normalized spacial score (nSPS) is 19.0. The Bertz CT molecular complexity index is 441. The number of amides is 1. The number of hydrogen-bond donors (Lipinski definition) is 3. The van der Waals surface area contributed by atoms with Crippen LogP contribution in [0.25, 0.3) is 0 Å². The van der Waals surface area contributed by atoms with Gasteiger partial charge in [-0.2, -0.15) is 0 Å². The highest BCUT2D eigenvalue weighted by Gasteiger charge is 2.33. The zero-order valence-corrected chi connectivity index (χ0v) is 12.8. The number of benzene rings is 1. The molecule has 0 spiro atoms. The topological polar surface area (TPSA) is 61.4 Å². The third-order valence-corrected chi connectivity index (χ3v) is 4.56. The molecule has 1 amide bonds. The van der Waals surface area contributed by atoms with Crippen molar-refractivity contribution in [2.45, 2.75) is 50.1 Å². The number of rotatable bonds is 6. The SMILES string of the molecule is CNC1(CC(=O)NC(CO)c2ccccc2)CCCCC1. The number of carbonyl (C=O) groups is 1. The molecule has 1 fully saturated rings. The van der Waals surface area contributed by atoms with Crippen molar-refractivity contribution >= 4 is 5.91 Å². The van der Waals surface area contributed by atoms with E-state index < -0.39 is 0 Å². The van der Waals surface area contributed by atoms with Crippen LogP contribution in [0.2, 0.25) is 0 Å². The largest absolute Gasteiger partial charge is 0.394 e. The van der Waals surface area contributed by atoms with E-state index in [2.05, 4.69) is 10.6 Å². The Morgan fingerprint density at radius 1 is 1.24 bits per heavy atom. The summed E-state index contributed by atoms with van der Waals surface area (Å²) in [5.74, 6) is 0.00848. The van der Waals surface area contributed by atoms with Crippen molar-refractivity contribution in [3.8, 4) is 0 Å². The molecule has 0 bridgehead atoms. The van der Waals surface area contributed by atoms with Crippen LogP contribution >= 0.6 is 0 Å². The van der Waals surface area contributed by atoms with Crippen molar-refractivity contribution in [3.05, 3.63) is 35.9 Å². The van der Waals surface area contributed by atoms with Gasteiger partial charge in [-0.3, -0.25) is 4.79 Å². The first-order valence-electron chi connectivity index (χ1n) is 7.83. The van der Waals surface area contributed by atoms with Gasteiger partial charge in [-0.25, -0.2) is 0 Å². The van der Waals surface area contributed by atoms with Gasteiger partial charge in [0.05, 0.1) is 12.6 Å². The standard InChI is InChI=1S/C17H26N2O2/c1-18-17(10-6-3-7-11-17)12-16(21)19-15(13-20)14-8-4-2-5-9-14/h2,4-5,8-9,15,18,20H,3,6-7,10-13H2,1H3,(H,19,21). The first-order valence-corrected chi connectivity index (χ1v) is 7.83. The molecule has 4 nitrogen and oxygen atoms in total. The van der Waals surface area contributed by atoms with Crippen molar-refractivity contribution in [1.82, 2.24) is 10.6 Å². The minimum atomic E-state index is -0.323. The molecular formula is C17H26N2O2. The van der Waals surface area contributed by atoms with Crippen LogP contribution in [-0.4, -0.2) is 30.2 Å². The molecule has 21 heavy (non-hydrogen) atoms. The van der Waals surface area contributed by atoms with E-state index in [-0.39, 0.29) is 24.1 Å². The summed E-state index contributed by atoms with van der Waals surface area (Å²) in [5.41, 5.74) is 0.870. The molecule has 0 saturated heterocycles. The molecule has 1 aliphatic carbocycles. The predicted molar refractivity (Wildman–Crippen MR) is 83.9 cm³/mol. The molecule has 0 radical (unpaired) electrons. The van der Waals surface area contributed by atoms with Crippen LogP contribution in [0.5, 0.6) is 0 Å². The molecule has 1 saturated carbocycles. The predicted octanol–water partition coefficient (Wildman–Crippen LogP) is 2.15. The van der Waals surface area contributed by atoms with Crippen molar-refractivity contribution in [2.24, 2.45) is 0 Å². The Morgan fingerprint density at radius 3 is 2.48 bits per heavy atom. The summed E-state index contributed by atoms with van der Waals surface area (Å²) in [4.78, 5) is 12.4. The number of aliphatic hydroxyl groups is 1. The second kappa shape index (κ2) is 7.57. The summed E-state index contributed by atoms with van der Waals surface area (Å²) in [6, 6.07) is 9.29. The Balaban J connectivity index is 1.96. The van der Waals surface area contributed by atoms with Crippen molar-refractivity contribution < 1.29 is 9.90 Å². The highest BCUT2D eigenvalue weighted by atomic mass is 16.3. The fourth-order valence-corrected chi connectivity index (χ4v) is 3.22. The summed E-state index contributed by atoms with van der Waals surface area (Å²) >= 11 is 0. The van der Waals surface area contributed by atoms with Gasteiger partial charge in [0.1, 0.15) is 0 Å². The maximum Gasteiger partial charge on any atom is 0.222 e. The zero-order valence-electron chi connectivity index (χ0n) is 12.8. The van der Waals surface area contributed by atoms with Gasteiger partial charge in [0.2, 0.25) is 5.91 Å². The van der Waals surface area contributed by atoms with E-state index in [1.54, 1.807) is 0 Å². The third kappa shape index (κ3) is 4.29. The van der Waals surface area contributed by atoms with Gasteiger partial charge in [-0.15, -0.1) is 0 Å². The third-order valence-electron chi connectivity index (χ3n) is 4.56. The molecule has 1 unspecified atom stereocenters. The maximum absolute atomic E-state index is 12.4. The van der Waals surface area contributed by atoms with E-state index in [0.717, 1.165) is 18.4 Å². The van der Waals surface area contributed by atoms with Crippen LogP contribution in [-0.2, 0) is 4.79 Å². The molecule has 0 aromatic heterocycles. The lowest BCUT2D eigenvalue weighted by molar-refractivity contribution is -0.124. The zero-order chi connectivity index (χ0) is 15.1. The molecule has 0 heterocycles. The Morgan fingerprint density at radius 2 is 1.90 bits per heavy atom. The number of hydrogen-bond acceptors (Lipinski definition) is 3.